The van der Waals surface area contributed by atoms with Crippen molar-refractivity contribution in [3.63, 3.8) is 0 Å². The molecular formula is C25H30FN7O. The average molecular weight is 464 g/mol. The van der Waals surface area contributed by atoms with Gasteiger partial charge in [-0.15, -0.1) is 0 Å². The zero-order valence-electron chi connectivity index (χ0n) is 20.2. The molecule has 1 aromatic carbocycles. The van der Waals surface area contributed by atoms with E-state index >= 15 is 0 Å². The van der Waals surface area contributed by atoms with Crippen molar-refractivity contribution >= 4 is 33.8 Å². The Hall–Kier alpha value is -3.46. The van der Waals surface area contributed by atoms with Crippen LogP contribution in [0.15, 0.2) is 36.8 Å². The van der Waals surface area contributed by atoms with E-state index in [-0.39, 0.29) is 17.1 Å². The van der Waals surface area contributed by atoms with Crippen LogP contribution >= 0.6 is 0 Å². The predicted molar refractivity (Wildman–Crippen MR) is 132 cm³/mol. The summed E-state index contributed by atoms with van der Waals surface area (Å²) >= 11 is 0. The van der Waals surface area contributed by atoms with E-state index in [2.05, 4.69) is 46.4 Å². The lowest BCUT2D eigenvalue weighted by molar-refractivity contribution is 0.102. The maximum atomic E-state index is 14.5. The van der Waals surface area contributed by atoms with Crippen molar-refractivity contribution in [3.8, 4) is 0 Å². The number of anilines is 2. The van der Waals surface area contributed by atoms with E-state index < -0.39 is 5.82 Å². The van der Waals surface area contributed by atoms with Crippen LogP contribution in [0.5, 0.6) is 0 Å². The number of pyridine rings is 1. The van der Waals surface area contributed by atoms with Gasteiger partial charge in [-0.25, -0.2) is 9.37 Å². The van der Waals surface area contributed by atoms with Gasteiger partial charge in [-0.05, 0) is 46.2 Å². The highest BCUT2D eigenvalue weighted by atomic mass is 19.1. The number of carbonyl (C=O) groups is 1. The van der Waals surface area contributed by atoms with E-state index in [0.29, 0.717) is 28.5 Å². The molecule has 0 radical (unpaired) electrons. The van der Waals surface area contributed by atoms with Gasteiger partial charge >= 0.3 is 0 Å². The van der Waals surface area contributed by atoms with E-state index in [1.54, 1.807) is 34.5 Å². The standard InChI is InChI=1S/C25H30FN7O/c1-15-11-33-13-17(10-20(26)23(33)27-15)28-24(34)18-6-7-21(19-14-31(5)30-22(18)19)32-9-8-16(12-32)29-25(2,3)4/h6-7,10-11,13-14,16,29H,8-9,12H2,1-5H3,(H,28,34). The van der Waals surface area contributed by atoms with E-state index in [9.17, 15) is 9.18 Å². The summed E-state index contributed by atoms with van der Waals surface area (Å²) in [7, 11) is 1.85. The smallest absolute Gasteiger partial charge is 0.257 e. The number of aryl methyl sites for hydroxylation is 2. The van der Waals surface area contributed by atoms with Gasteiger partial charge in [0.05, 0.1) is 16.9 Å². The van der Waals surface area contributed by atoms with Gasteiger partial charge in [-0.2, -0.15) is 5.10 Å². The molecular weight excluding hydrogens is 433 g/mol. The summed E-state index contributed by atoms with van der Waals surface area (Å²) in [5.41, 5.74) is 3.50. The number of aromatic nitrogens is 4. The molecule has 34 heavy (non-hydrogen) atoms. The Labute approximate surface area is 197 Å². The Kier molecular flexibility index (Phi) is 5.31. The minimum absolute atomic E-state index is 0.0597. The van der Waals surface area contributed by atoms with Gasteiger partial charge in [0.2, 0.25) is 0 Å². The largest absolute Gasteiger partial charge is 0.369 e. The molecule has 0 bridgehead atoms. The van der Waals surface area contributed by atoms with Crippen LogP contribution in [0.4, 0.5) is 15.8 Å². The van der Waals surface area contributed by atoms with E-state index in [1.807, 2.05) is 19.3 Å². The second-order valence-corrected chi connectivity index (χ2v) is 10.2. The van der Waals surface area contributed by atoms with Crippen LogP contribution in [0.1, 0.15) is 43.2 Å². The molecule has 3 aromatic heterocycles. The van der Waals surface area contributed by atoms with Crippen molar-refractivity contribution in [3.05, 3.63) is 53.9 Å². The number of amides is 1. The average Bonchev–Trinajstić information content (AvgIpc) is 3.43. The Morgan fingerprint density at radius 2 is 2.00 bits per heavy atom. The number of fused-ring (bicyclic) bond motifs is 2. The highest BCUT2D eigenvalue weighted by molar-refractivity contribution is 6.13. The number of carbonyl (C=O) groups excluding carboxylic acids is 1. The SMILES string of the molecule is Cc1cn2cc(NC(=O)c3ccc(N4CCC(NC(C)(C)C)C4)c4cn(C)nc34)cc(F)c2n1. The molecule has 1 aliphatic rings. The van der Waals surface area contributed by atoms with Crippen molar-refractivity contribution < 1.29 is 9.18 Å². The Morgan fingerprint density at radius 1 is 1.21 bits per heavy atom. The summed E-state index contributed by atoms with van der Waals surface area (Å²) in [6.07, 6.45) is 6.39. The van der Waals surface area contributed by atoms with E-state index in [0.717, 1.165) is 30.6 Å². The first-order chi connectivity index (χ1) is 16.1. The molecule has 5 rings (SSSR count). The van der Waals surface area contributed by atoms with Crippen molar-refractivity contribution in [2.75, 3.05) is 23.3 Å². The number of hydrogen-bond acceptors (Lipinski definition) is 5. The summed E-state index contributed by atoms with van der Waals surface area (Å²) < 4.78 is 17.8. The van der Waals surface area contributed by atoms with E-state index in [1.165, 1.54) is 6.07 Å². The fraction of sp³-hybridized carbons (Fsp3) is 0.400. The van der Waals surface area contributed by atoms with Gasteiger partial charge < -0.3 is 19.9 Å². The monoisotopic (exact) mass is 463 g/mol. The van der Waals surface area contributed by atoms with Gasteiger partial charge in [0.25, 0.3) is 5.91 Å². The minimum atomic E-state index is -0.489. The lowest BCUT2D eigenvalue weighted by Gasteiger charge is -2.26. The van der Waals surface area contributed by atoms with Gasteiger partial charge in [0, 0.05) is 67.4 Å². The van der Waals surface area contributed by atoms with Gasteiger partial charge in [0.15, 0.2) is 11.5 Å². The number of nitrogens with zero attached hydrogens (tertiary/aromatic N) is 5. The van der Waals surface area contributed by atoms with Gasteiger partial charge in [0.1, 0.15) is 5.52 Å². The predicted octanol–water partition coefficient (Wildman–Crippen LogP) is 3.89. The van der Waals surface area contributed by atoms with Crippen LogP contribution in [0.25, 0.3) is 16.6 Å². The summed E-state index contributed by atoms with van der Waals surface area (Å²) in [6, 6.07) is 5.49. The highest BCUT2D eigenvalue weighted by Crippen LogP contribution is 2.32. The number of benzene rings is 1. The molecule has 178 valence electrons. The van der Waals surface area contributed by atoms with Crippen LogP contribution in [-0.2, 0) is 7.05 Å². The number of nitrogens with one attached hydrogen (secondary N) is 2. The first-order valence-electron chi connectivity index (χ1n) is 11.5. The molecule has 8 nitrogen and oxygen atoms in total. The second kappa shape index (κ2) is 8.09. The zero-order valence-corrected chi connectivity index (χ0v) is 20.2. The molecule has 1 fully saturated rings. The molecule has 1 amide bonds. The fourth-order valence-corrected chi connectivity index (χ4v) is 4.82. The molecule has 0 aliphatic carbocycles. The quantitative estimate of drug-likeness (QED) is 0.480. The van der Waals surface area contributed by atoms with E-state index in [4.69, 9.17) is 0 Å². The lowest BCUT2D eigenvalue weighted by atomic mass is 10.1. The Bertz CT molecular complexity index is 1400. The third kappa shape index (κ3) is 4.23. The number of imidazole rings is 1. The number of halogens is 1. The maximum absolute atomic E-state index is 14.5. The van der Waals surface area contributed by atoms with Crippen molar-refractivity contribution in [2.24, 2.45) is 7.05 Å². The molecule has 1 aliphatic heterocycles. The molecule has 1 atom stereocenters. The van der Waals surface area contributed by atoms with Crippen molar-refractivity contribution in [1.82, 2.24) is 24.5 Å². The third-order valence-corrected chi connectivity index (χ3v) is 6.06. The molecule has 4 aromatic rings. The van der Waals surface area contributed by atoms with Crippen LogP contribution in [0, 0.1) is 12.7 Å². The van der Waals surface area contributed by atoms with Crippen LogP contribution < -0.4 is 15.5 Å². The number of hydrogen-bond donors (Lipinski definition) is 2. The molecule has 9 heteroatoms. The number of rotatable bonds is 4. The Balaban J connectivity index is 1.43. The minimum Gasteiger partial charge on any atom is -0.369 e. The van der Waals surface area contributed by atoms with Crippen LogP contribution in [0.3, 0.4) is 0 Å². The fourth-order valence-electron chi connectivity index (χ4n) is 4.82. The first-order valence-corrected chi connectivity index (χ1v) is 11.5. The summed E-state index contributed by atoms with van der Waals surface area (Å²) in [6.45, 7) is 10.2. The third-order valence-electron chi connectivity index (χ3n) is 6.06. The highest BCUT2D eigenvalue weighted by Gasteiger charge is 2.28. The van der Waals surface area contributed by atoms with Gasteiger partial charge in [-0.3, -0.25) is 9.48 Å². The summed E-state index contributed by atoms with van der Waals surface area (Å²) in [5.74, 6) is -0.823. The Morgan fingerprint density at radius 3 is 2.76 bits per heavy atom. The molecule has 1 unspecified atom stereocenters. The van der Waals surface area contributed by atoms with Gasteiger partial charge in [-0.1, -0.05) is 0 Å². The van der Waals surface area contributed by atoms with Crippen LogP contribution in [-0.4, -0.2) is 49.7 Å². The molecule has 2 N–H and O–H groups in total. The zero-order chi connectivity index (χ0) is 24.2. The molecule has 1 saturated heterocycles. The first kappa shape index (κ1) is 22.3. The molecule has 4 heterocycles. The maximum Gasteiger partial charge on any atom is 0.257 e. The molecule has 0 saturated carbocycles. The second-order valence-electron chi connectivity index (χ2n) is 10.2. The summed E-state index contributed by atoms with van der Waals surface area (Å²) in [5, 5.41) is 12.0. The summed E-state index contributed by atoms with van der Waals surface area (Å²) in [4.78, 5) is 19.7. The van der Waals surface area contributed by atoms with Crippen LogP contribution in [0.2, 0.25) is 0 Å². The topological polar surface area (TPSA) is 79.5 Å². The molecule has 0 spiro atoms. The van der Waals surface area contributed by atoms with Crippen molar-refractivity contribution in [1.29, 1.82) is 0 Å². The lowest BCUT2D eigenvalue weighted by Crippen LogP contribution is -2.44. The van der Waals surface area contributed by atoms with Crippen molar-refractivity contribution in [2.45, 2.75) is 45.7 Å². The normalized spacial score (nSPS) is 16.6.